The van der Waals surface area contributed by atoms with E-state index < -0.39 is 53.3 Å². The van der Waals surface area contributed by atoms with Crippen LogP contribution in [0.15, 0.2) is 169 Å². The van der Waals surface area contributed by atoms with E-state index in [1.54, 1.807) is 111 Å². The van der Waals surface area contributed by atoms with Crippen molar-refractivity contribution in [1.29, 1.82) is 0 Å². The first-order valence-corrected chi connectivity index (χ1v) is 26.8. The predicted molar refractivity (Wildman–Crippen MR) is 294 cm³/mol. The van der Waals surface area contributed by atoms with Gasteiger partial charge in [0.2, 0.25) is 0 Å². The number of nitrogens with zero attached hydrogens (tertiary/aromatic N) is 5. The van der Waals surface area contributed by atoms with Gasteiger partial charge in [-0.15, -0.1) is 15.3 Å². The number of phenols is 1. The summed E-state index contributed by atoms with van der Waals surface area (Å²) in [5, 5.41) is 58.3. The third-order valence-corrected chi connectivity index (χ3v) is 13.9. The minimum absolute atomic E-state index is 0. The Morgan fingerprint density at radius 2 is 1.06 bits per heavy atom. The van der Waals surface area contributed by atoms with Crippen LogP contribution in [0.5, 0.6) is 23.0 Å². The van der Waals surface area contributed by atoms with Crippen LogP contribution in [0.4, 0.5) is 34.1 Å². The third-order valence-electron chi connectivity index (χ3n) is 11.3. The van der Waals surface area contributed by atoms with Gasteiger partial charge in [0.15, 0.2) is 5.75 Å². The second-order valence-electron chi connectivity index (χ2n) is 16.3. The van der Waals surface area contributed by atoms with E-state index in [0.29, 0.717) is 63.2 Å². The molecule has 8 aromatic rings. The zero-order chi connectivity index (χ0) is 54.9. The van der Waals surface area contributed by atoms with Gasteiger partial charge < -0.3 is 30.1 Å². The van der Waals surface area contributed by atoms with Crippen molar-refractivity contribution in [1.82, 2.24) is 0 Å². The summed E-state index contributed by atoms with van der Waals surface area (Å²) in [6, 6.07) is 35.7. The van der Waals surface area contributed by atoms with Crippen molar-refractivity contribution in [2.45, 2.75) is 50.3 Å². The van der Waals surface area contributed by atoms with Gasteiger partial charge in [0.25, 0.3) is 26.1 Å². The van der Waals surface area contributed by atoms with Crippen molar-refractivity contribution in [3.63, 3.8) is 0 Å². The molecule has 0 bridgehead atoms. The zero-order valence-corrected chi connectivity index (χ0v) is 46.9. The van der Waals surface area contributed by atoms with Gasteiger partial charge in [-0.05, 0) is 109 Å². The number of benzene rings is 8. The molecule has 0 heterocycles. The number of anilines is 1. The fourth-order valence-corrected chi connectivity index (χ4v) is 10.3. The largest absolute Gasteiger partial charge is 2.00 e. The van der Waals surface area contributed by atoms with Crippen LogP contribution >= 0.6 is 23.2 Å². The van der Waals surface area contributed by atoms with Gasteiger partial charge in [-0.2, -0.15) is 21.9 Å². The summed E-state index contributed by atoms with van der Waals surface area (Å²) in [6.45, 7) is 7.98. The summed E-state index contributed by atoms with van der Waals surface area (Å²) >= 11 is 12.4. The number of azo groups is 2. The maximum atomic E-state index is 13.4. The average Bonchev–Trinajstić information content (AvgIpc) is 3.38. The van der Waals surface area contributed by atoms with Crippen molar-refractivity contribution in [2.24, 2.45) is 25.4 Å². The van der Waals surface area contributed by atoms with Crippen LogP contribution in [0.25, 0.3) is 21.5 Å². The molecule has 0 saturated heterocycles. The molecular weight excluding hydrogens is 1100 g/mol. The third kappa shape index (κ3) is 14.1. The predicted octanol–water partition coefficient (Wildman–Crippen LogP) is 12.3. The minimum atomic E-state index is -4.72. The number of hydrogen-bond donors (Lipinski definition) is 4. The number of fused-ring (bicyclic) bond motifs is 2. The van der Waals surface area contributed by atoms with Crippen LogP contribution in [0.1, 0.15) is 54.7 Å². The molecule has 0 spiro atoms. The van der Waals surface area contributed by atoms with E-state index >= 15 is 0 Å². The average molecular weight is 1150 g/mol. The molecule has 8 rings (SSSR count). The molecule has 1 amide bonds. The Labute approximate surface area is 483 Å². The topological polar surface area (TPSA) is 284 Å². The van der Waals surface area contributed by atoms with Crippen molar-refractivity contribution in [2.75, 3.05) is 18.5 Å². The van der Waals surface area contributed by atoms with Crippen LogP contribution in [-0.2, 0) is 33.1 Å². The van der Waals surface area contributed by atoms with E-state index in [9.17, 15) is 46.1 Å². The summed E-state index contributed by atoms with van der Waals surface area (Å²) in [5.41, 5.74) is 0.128. The normalized spacial score (nSPS) is 11.9. The summed E-state index contributed by atoms with van der Waals surface area (Å²) in [5.74, 6) is -1.53. The quantitative estimate of drug-likeness (QED) is 0.0231. The fraction of sp³-hybridized carbons (Fsp3) is 0.148. The minimum Gasteiger partial charge on any atom is -0.871 e. The van der Waals surface area contributed by atoms with Crippen molar-refractivity contribution in [3.05, 3.63) is 166 Å². The Morgan fingerprint density at radius 1 is 0.597 bits per heavy atom. The van der Waals surface area contributed by atoms with Gasteiger partial charge in [-0.3, -0.25) is 18.9 Å². The Morgan fingerprint density at radius 3 is 1.58 bits per heavy atom. The molecule has 0 fully saturated rings. The first-order chi connectivity index (χ1) is 36.3. The van der Waals surface area contributed by atoms with Crippen molar-refractivity contribution in [3.8, 4) is 23.0 Å². The second kappa shape index (κ2) is 26.1. The monoisotopic (exact) mass is 1140 g/mol. The molecule has 392 valence electrons. The number of aromatic hydroxyl groups is 1. The Kier molecular flexibility index (Phi) is 20.2. The number of phenolic OH excluding ortho intramolecular Hbond substituents is 1. The molecule has 0 radical (unpaired) electrons. The molecule has 0 aliphatic rings. The zero-order valence-electron chi connectivity index (χ0n) is 41.6. The van der Waals surface area contributed by atoms with Gasteiger partial charge in [-0.25, -0.2) is 0 Å². The van der Waals surface area contributed by atoms with Gasteiger partial charge >= 0.3 is 37.7 Å². The molecule has 0 aliphatic carbocycles. The van der Waals surface area contributed by atoms with E-state index in [4.69, 9.17) is 32.7 Å². The molecule has 8 aromatic carbocycles. The molecule has 0 unspecified atom stereocenters. The second-order valence-corrected chi connectivity index (χ2v) is 19.8. The molecule has 0 saturated carbocycles. The molecule has 77 heavy (non-hydrogen) atoms. The maximum Gasteiger partial charge on any atom is 2.00 e. The van der Waals surface area contributed by atoms with Crippen LogP contribution in [0, 0.1) is 0 Å². The smallest absolute Gasteiger partial charge is 0.871 e. The van der Waals surface area contributed by atoms with E-state index in [1.807, 2.05) is 13.8 Å². The van der Waals surface area contributed by atoms with Crippen LogP contribution in [0.3, 0.4) is 0 Å². The van der Waals surface area contributed by atoms with Gasteiger partial charge in [0.1, 0.15) is 38.4 Å². The summed E-state index contributed by atoms with van der Waals surface area (Å²) in [7, 11) is -9.41. The molecule has 0 atom stereocenters. The molecule has 18 nitrogen and oxygen atoms in total. The number of hydrogen-bond acceptors (Lipinski definition) is 15. The number of amides is 1. The number of aryl methyl sites for hydroxylation is 2. The number of carbonyl (C=O) groups excluding carboxylic acids is 1. The van der Waals surface area contributed by atoms with E-state index in [-0.39, 0.29) is 100 Å². The number of carbonyl (C=O) groups is 1. The summed E-state index contributed by atoms with van der Waals surface area (Å²) < 4.78 is 79.1. The number of nitrogens with one attached hydrogen (secondary N) is 1. The van der Waals surface area contributed by atoms with E-state index in [2.05, 4.69) is 30.8 Å². The van der Waals surface area contributed by atoms with E-state index in [1.165, 1.54) is 36.4 Å². The van der Waals surface area contributed by atoms with Crippen molar-refractivity contribution >= 4 is 149 Å². The van der Waals surface area contributed by atoms with Crippen LogP contribution < -0.4 is 25.0 Å². The van der Waals surface area contributed by atoms with Gasteiger partial charge in [-0.1, -0.05) is 116 Å². The number of ether oxygens (including phenoxy) is 2. The fourth-order valence-electron chi connectivity index (χ4n) is 7.87. The Hall–Kier alpha value is -6.72. The Bertz CT molecular complexity index is 3860. The molecule has 0 aromatic heterocycles. The Balaban J connectivity index is 0.000000246. The van der Waals surface area contributed by atoms with Crippen molar-refractivity contribution < 1.29 is 55.5 Å². The SMILES string of the molecule is CCOc1cccc(N=C([O-])c2cc3ccccc3c(N=Nc3c(Cl)ccc(CC)c3S(=O)(=O)O)c2[O-])c1.CCOc1cccc(NC(=O)c2cc3ccccc3c(N=Nc3c(Cl)ccc(CC)c3S(=O)(=O)O)c2O)c1.[Ca+2]. The number of aliphatic imine (C=N–C) groups is 1. The van der Waals surface area contributed by atoms with Crippen LogP contribution in [-0.4, -0.2) is 93.8 Å². The van der Waals surface area contributed by atoms with E-state index in [0.717, 1.165) is 0 Å². The standard InChI is InChI=1S/2C27H24ClN3O6S.Ca/c2*1-3-16-12-13-22(28)24(26(16)38(34,35)36)31-30-23-20-11-6-5-8-17(20)14-21(25(23)32)27(33)29-18-9-7-10-19(15-18)37-4-2;/h2*5-15,32H,3-4H2,1-2H3,(H,29,33)(H,34,35,36);/q;;+2/p-2. The number of halogens is 2. The number of rotatable bonds is 16. The molecule has 0 aliphatic heterocycles. The van der Waals surface area contributed by atoms with Gasteiger partial charge in [0.05, 0.1) is 40.2 Å². The first kappa shape index (κ1) is 59.5. The molecular formula is C54H46CaCl2N6O12S2. The molecule has 23 heteroatoms. The maximum absolute atomic E-state index is 13.4. The summed E-state index contributed by atoms with van der Waals surface area (Å²) in [6.07, 6.45) is 0.545. The van der Waals surface area contributed by atoms with Crippen LogP contribution in [0.2, 0.25) is 10.0 Å². The van der Waals surface area contributed by atoms with Gasteiger partial charge in [0, 0.05) is 28.6 Å². The first-order valence-electron chi connectivity index (χ1n) is 23.2. The summed E-state index contributed by atoms with van der Waals surface area (Å²) in [4.78, 5) is 16.3. The molecule has 4 N–H and O–H groups in total.